The molecule has 0 unspecified atom stereocenters. The summed E-state index contributed by atoms with van der Waals surface area (Å²) in [7, 11) is 0. The van der Waals surface area contributed by atoms with Gasteiger partial charge in [-0.3, -0.25) is 0 Å². The first-order chi connectivity index (χ1) is 11.0. The van der Waals surface area contributed by atoms with Gasteiger partial charge in [0.15, 0.2) is 0 Å². The van der Waals surface area contributed by atoms with Gasteiger partial charge in [0.05, 0.1) is 6.21 Å². The van der Waals surface area contributed by atoms with Crippen LogP contribution in [0.1, 0.15) is 22.3 Å². The molecule has 0 saturated heterocycles. The van der Waals surface area contributed by atoms with E-state index in [1.54, 1.807) is 0 Å². The van der Waals surface area contributed by atoms with Crippen LogP contribution in [-0.2, 0) is 0 Å². The summed E-state index contributed by atoms with van der Waals surface area (Å²) in [4.78, 5) is 0. The van der Waals surface area contributed by atoms with Gasteiger partial charge in [-0.2, -0.15) is 0 Å². The first kappa shape index (κ1) is 17.3. The van der Waals surface area contributed by atoms with E-state index in [2.05, 4.69) is 47.9 Å². The minimum atomic E-state index is 0.403. The molecule has 1 N–H and O–H groups in total. The van der Waals surface area contributed by atoms with Gasteiger partial charge in [0.2, 0.25) is 0 Å². The summed E-state index contributed by atoms with van der Waals surface area (Å²) in [5.74, 6) is 1.53. The maximum absolute atomic E-state index is 8.71. The predicted molar refractivity (Wildman–Crippen MR) is 95.2 cm³/mol. The Morgan fingerprint density at radius 3 is 2.43 bits per heavy atom. The highest BCUT2D eigenvalue weighted by atomic mass is 79.9. The first-order valence-corrected chi connectivity index (χ1v) is 8.11. The number of nitrogens with zero attached hydrogens (tertiary/aromatic N) is 1. The number of ether oxygens (including phenoxy) is 2. The highest BCUT2D eigenvalue weighted by molar-refractivity contribution is 9.10. The van der Waals surface area contributed by atoms with E-state index < -0.39 is 0 Å². The summed E-state index contributed by atoms with van der Waals surface area (Å²) >= 11 is 3.38. The van der Waals surface area contributed by atoms with Crippen LogP contribution in [0.3, 0.4) is 0 Å². The smallest absolute Gasteiger partial charge is 0.128 e. The van der Waals surface area contributed by atoms with Gasteiger partial charge in [-0.05, 0) is 61.7 Å². The number of hydrogen-bond acceptors (Lipinski definition) is 4. The van der Waals surface area contributed by atoms with Gasteiger partial charge in [-0.25, -0.2) is 0 Å². The lowest BCUT2D eigenvalue weighted by atomic mass is 10.1. The van der Waals surface area contributed by atoms with Gasteiger partial charge in [0.1, 0.15) is 24.7 Å². The van der Waals surface area contributed by atoms with Gasteiger partial charge in [0, 0.05) is 10.0 Å². The molecule has 2 aromatic carbocycles. The number of halogens is 1. The zero-order valence-corrected chi connectivity index (χ0v) is 15.1. The van der Waals surface area contributed by atoms with E-state index in [0.29, 0.717) is 24.5 Å². The third kappa shape index (κ3) is 4.73. The molecule has 0 spiro atoms. The van der Waals surface area contributed by atoms with Crippen LogP contribution in [0.4, 0.5) is 0 Å². The molecule has 0 aliphatic carbocycles. The van der Waals surface area contributed by atoms with Crippen LogP contribution in [0.5, 0.6) is 11.5 Å². The summed E-state index contributed by atoms with van der Waals surface area (Å²) in [6, 6.07) is 9.69. The summed E-state index contributed by atoms with van der Waals surface area (Å²) in [5, 5.41) is 11.8. The number of rotatable bonds is 6. The Bertz CT molecular complexity index is 714. The van der Waals surface area contributed by atoms with E-state index in [0.717, 1.165) is 15.8 Å². The van der Waals surface area contributed by atoms with Crippen molar-refractivity contribution in [3.8, 4) is 11.5 Å². The van der Waals surface area contributed by atoms with E-state index in [1.165, 1.54) is 17.3 Å². The first-order valence-electron chi connectivity index (χ1n) is 7.31. The maximum atomic E-state index is 8.71. The molecule has 0 aliphatic heterocycles. The molecule has 0 aliphatic rings. The second-order valence-electron chi connectivity index (χ2n) is 5.33. The third-order valence-corrected chi connectivity index (χ3v) is 4.02. The second kappa shape index (κ2) is 8.02. The Morgan fingerprint density at radius 1 is 1.04 bits per heavy atom. The van der Waals surface area contributed by atoms with Crippen molar-refractivity contribution in [2.24, 2.45) is 5.16 Å². The SMILES string of the molecule is Cc1cc(C)c(C)c(OCCOc2ccc(Br)cc2C=NO)c1. The molecule has 0 bridgehead atoms. The zero-order chi connectivity index (χ0) is 16.8. The molecule has 0 aromatic heterocycles. The Morgan fingerprint density at radius 2 is 1.74 bits per heavy atom. The van der Waals surface area contributed by atoms with Crippen molar-refractivity contribution >= 4 is 22.1 Å². The Labute approximate surface area is 144 Å². The van der Waals surface area contributed by atoms with Crippen LogP contribution >= 0.6 is 15.9 Å². The largest absolute Gasteiger partial charge is 0.490 e. The summed E-state index contributed by atoms with van der Waals surface area (Å²) in [5.41, 5.74) is 4.24. The minimum Gasteiger partial charge on any atom is -0.490 e. The second-order valence-corrected chi connectivity index (χ2v) is 6.24. The van der Waals surface area contributed by atoms with E-state index in [4.69, 9.17) is 14.7 Å². The summed E-state index contributed by atoms with van der Waals surface area (Å²) in [6.45, 7) is 7.03. The molecule has 0 radical (unpaired) electrons. The van der Waals surface area contributed by atoms with E-state index >= 15 is 0 Å². The molecular weight excluding hydrogens is 358 g/mol. The van der Waals surface area contributed by atoms with E-state index in [9.17, 15) is 0 Å². The van der Waals surface area contributed by atoms with Crippen molar-refractivity contribution in [1.29, 1.82) is 0 Å². The topological polar surface area (TPSA) is 51.0 Å². The highest BCUT2D eigenvalue weighted by Crippen LogP contribution is 2.24. The van der Waals surface area contributed by atoms with E-state index in [1.807, 2.05) is 24.3 Å². The zero-order valence-electron chi connectivity index (χ0n) is 13.5. The fraction of sp³-hybridized carbons (Fsp3) is 0.278. The monoisotopic (exact) mass is 377 g/mol. The van der Waals surface area contributed by atoms with Crippen molar-refractivity contribution in [3.63, 3.8) is 0 Å². The predicted octanol–water partition coefficient (Wildman–Crippen LogP) is 4.64. The molecule has 23 heavy (non-hydrogen) atoms. The minimum absolute atomic E-state index is 0.403. The van der Waals surface area contributed by atoms with Crippen LogP contribution in [0.2, 0.25) is 0 Å². The molecule has 2 rings (SSSR count). The molecule has 5 heteroatoms. The van der Waals surface area contributed by atoms with Gasteiger partial charge in [-0.15, -0.1) is 0 Å². The molecule has 0 saturated carbocycles. The fourth-order valence-electron chi connectivity index (χ4n) is 2.27. The van der Waals surface area contributed by atoms with Crippen molar-refractivity contribution in [1.82, 2.24) is 0 Å². The van der Waals surface area contributed by atoms with Gasteiger partial charge >= 0.3 is 0 Å². The molecule has 4 nitrogen and oxygen atoms in total. The lowest BCUT2D eigenvalue weighted by molar-refractivity contribution is 0.216. The Kier molecular flexibility index (Phi) is 6.04. The van der Waals surface area contributed by atoms with E-state index in [-0.39, 0.29) is 0 Å². The molecule has 0 amide bonds. The number of hydrogen-bond donors (Lipinski definition) is 1. The molecule has 0 heterocycles. The lowest BCUT2D eigenvalue weighted by Gasteiger charge is -2.13. The van der Waals surface area contributed by atoms with Crippen LogP contribution in [-0.4, -0.2) is 24.6 Å². The quantitative estimate of drug-likeness (QED) is 0.345. The van der Waals surface area contributed by atoms with Crippen molar-refractivity contribution in [2.45, 2.75) is 20.8 Å². The normalized spacial score (nSPS) is 11.0. The van der Waals surface area contributed by atoms with Gasteiger partial charge < -0.3 is 14.7 Å². The van der Waals surface area contributed by atoms with Crippen LogP contribution in [0, 0.1) is 20.8 Å². The number of oxime groups is 1. The average molecular weight is 378 g/mol. The van der Waals surface area contributed by atoms with Gasteiger partial charge in [0.25, 0.3) is 0 Å². The Hall–Kier alpha value is -2.01. The van der Waals surface area contributed by atoms with Crippen LogP contribution in [0.15, 0.2) is 40.0 Å². The molecule has 0 atom stereocenters. The summed E-state index contributed by atoms with van der Waals surface area (Å²) < 4.78 is 12.4. The summed E-state index contributed by atoms with van der Waals surface area (Å²) in [6.07, 6.45) is 1.34. The number of aryl methyl sites for hydroxylation is 2. The number of benzene rings is 2. The average Bonchev–Trinajstić information content (AvgIpc) is 2.50. The van der Waals surface area contributed by atoms with Crippen LogP contribution < -0.4 is 9.47 Å². The standard InChI is InChI=1S/C18H20BrNO3/c1-12-8-13(2)14(3)18(9-12)23-7-6-22-17-5-4-16(19)10-15(17)11-20-21/h4-5,8-11,21H,6-7H2,1-3H3. The van der Waals surface area contributed by atoms with Crippen molar-refractivity contribution in [2.75, 3.05) is 13.2 Å². The van der Waals surface area contributed by atoms with Crippen LogP contribution in [0.25, 0.3) is 0 Å². The third-order valence-electron chi connectivity index (χ3n) is 3.53. The van der Waals surface area contributed by atoms with Crippen molar-refractivity contribution < 1.29 is 14.7 Å². The lowest BCUT2D eigenvalue weighted by Crippen LogP contribution is -2.11. The van der Waals surface area contributed by atoms with Crippen molar-refractivity contribution in [3.05, 3.63) is 57.1 Å². The fourth-order valence-corrected chi connectivity index (χ4v) is 2.65. The molecule has 122 valence electrons. The highest BCUT2D eigenvalue weighted by Gasteiger charge is 2.06. The maximum Gasteiger partial charge on any atom is 0.128 e. The van der Waals surface area contributed by atoms with Gasteiger partial charge in [-0.1, -0.05) is 27.2 Å². The Balaban J connectivity index is 1.96. The molecule has 2 aromatic rings. The molecular formula is C18H20BrNO3. The molecule has 0 fully saturated rings.